The summed E-state index contributed by atoms with van der Waals surface area (Å²) in [7, 11) is -2.78. The number of methoxy groups -OCH3 is 1. The number of hydrogen-bond donors (Lipinski definition) is 4. The zero-order valence-electron chi connectivity index (χ0n) is 31.6. The van der Waals surface area contributed by atoms with Gasteiger partial charge in [-0.3, -0.25) is 19.2 Å². The molecule has 5 rings (SSSR count). The van der Waals surface area contributed by atoms with Crippen LogP contribution in [0.1, 0.15) is 80.0 Å². The van der Waals surface area contributed by atoms with Crippen molar-refractivity contribution in [2.45, 2.75) is 70.9 Å². The largest absolute Gasteiger partial charge is 0.452 e. The summed E-state index contributed by atoms with van der Waals surface area (Å²) < 4.78 is 34.5. The van der Waals surface area contributed by atoms with Gasteiger partial charge in [-0.25, -0.2) is 21.8 Å². The van der Waals surface area contributed by atoms with Crippen molar-refractivity contribution in [2.24, 2.45) is 5.92 Å². The first kappa shape index (κ1) is 41.0. The van der Waals surface area contributed by atoms with E-state index in [1.165, 1.54) is 55.1 Å². The molecule has 16 nitrogen and oxygen atoms in total. The van der Waals surface area contributed by atoms with Gasteiger partial charge >= 0.3 is 6.09 Å². The molecule has 4 aromatic rings. The van der Waals surface area contributed by atoms with Crippen LogP contribution >= 0.6 is 0 Å². The molecule has 2 aromatic carbocycles. The van der Waals surface area contributed by atoms with Crippen LogP contribution in [0.15, 0.2) is 48.7 Å². The number of fused-ring (bicyclic) bond motifs is 2. The molecule has 1 aliphatic carbocycles. The quantitative estimate of drug-likeness (QED) is 0.143. The Hall–Kier alpha value is -6.20. The molecule has 2 heterocycles. The first-order chi connectivity index (χ1) is 26.7. The number of carbonyl (C=O) groups is 5. The summed E-state index contributed by atoms with van der Waals surface area (Å²) in [6.07, 6.45) is 3.92. The van der Waals surface area contributed by atoms with E-state index < -0.39 is 51.3 Å². The maximum atomic E-state index is 13.8. The van der Waals surface area contributed by atoms with Gasteiger partial charge in [0.2, 0.25) is 21.8 Å². The van der Waals surface area contributed by atoms with Crippen molar-refractivity contribution in [2.75, 3.05) is 26.0 Å². The molecule has 1 saturated carbocycles. The summed E-state index contributed by atoms with van der Waals surface area (Å²) in [6.45, 7) is 4.83. The standard InChI is InChI=1S/C39H44N8O8S/c1-5-56(53,54)46-23-29(28-11-9-26(21-32(28)46)35(49)45-39(13-7-6-8-14-39)37(51)43-18-16-41)33-22-27-20-25(10-12-31(27)47(33)38(52)55-4)34(48)44-30(19-24(2)3)36(50)42-17-15-40/h9-12,20-24,30H,5-8,13-14,17-19H2,1-4H3,(H,42,50)(H,43,51)(H,44,48)(H,45,49). The van der Waals surface area contributed by atoms with E-state index in [-0.39, 0.29) is 47.1 Å². The number of hydrogen-bond acceptors (Lipinski definition) is 10. The van der Waals surface area contributed by atoms with Crippen LogP contribution in [0.4, 0.5) is 4.79 Å². The van der Waals surface area contributed by atoms with Crippen LogP contribution in [-0.2, 0) is 24.3 Å². The van der Waals surface area contributed by atoms with Crippen LogP contribution in [0.5, 0.6) is 0 Å². The maximum Gasteiger partial charge on any atom is 0.418 e. The topological polar surface area (TPSA) is 234 Å². The minimum Gasteiger partial charge on any atom is -0.452 e. The fourth-order valence-corrected chi connectivity index (χ4v) is 8.09. The zero-order valence-corrected chi connectivity index (χ0v) is 32.4. The average molecular weight is 785 g/mol. The Labute approximate surface area is 324 Å². The molecule has 0 saturated heterocycles. The molecular weight excluding hydrogens is 741 g/mol. The lowest BCUT2D eigenvalue weighted by atomic mass is 9.80. The van der Waals surface area contributed by atoms with Gasteiger partial charge in [-0.1, -0.05) is 39.2 Å². The normalized spacial score (nSPS) is 14.3. The Kier molecular flexibility index (Phi) is 12.5. The highest BCUT2D eigenvalue weighted by Crippen LogP contribution is 2.37. The number of ether oxygens (including phenoxy) is 1. The van der Waals surface area contributed by atoms with Gasteiger partial charge in [0.1, 0.15) is 24.7 Å². The number of benzene rings is 2. The summed E-state index contributed by atoms with van der Waals surface area (Å²) in [6, 6.07) is 13.5. The lowest BCUT2D eigenvalue weighted by Crippen LogP contribution is -2.59. The fraction of sp³-hybridized carbons (Fsp3) is 0.410. The highest BCUT2D eigenvalue weighted by Gasteiger charge is 2.41. The molecule has 0 radical (unpaired) electrons. The van der Waals surface area contributed by atoms with Crippen LogP contribution in [0.25, 0.3) is 33.1 Å². The van der Waals surface area contributed by atoms with Gasteiger partial charge in [-0.05, 0) is 68.5 Å². The first-order valence-corrected chi connectivity index (χ1v) is 19.9. The van der Waals surface area contributed by atoms with E-state index >= 15 is 0 Å². The second-order valence-corrected chi connectivity index (χ2v) is 16.2. The van der Waals surface area contributed by atoms with Gasteiger partial charge in [-0.15, -0.1) is 0 Å². The summed E-state index contributed by atoms with van der Waals surface area (Å²) in [5.74, 6) is -2.36. The molecule has 1 fully saturated rings. The minimum atomic E-state index is -3.98. The second kappa shape index (κ2) is 17.1. The summed E-state index contributed by atoms with van der Waals surface area (Å²) in [4.78, 5) is 66.5. The lowest BCUT2D eigenvalue weighted by Gasteiger charge is -2.36. The van der Waals surface area contributed by atoms with E-state index in [0.29, 0.717) is 54.0 Å². The predicted molar refractivity (Wildman–Crippen MR) is 207 cm³/mol. The fourth-order valence-electron chi connectivity index (χ4n) is 7.09. The lowest BCUT2D eigenvalue weighted by molar-refractivity contribution is -0.128. The van der Waals surface area contributed by atoms with Crippen molar-refractivity contribution in [3.63, 3.8) is 0 Å². The van der Waals surface area contributed by atoms with Gasteiger partial charge in [0, 0.05) is 33.7 Å². The Morgan fingerprint density at radius 2 is 1.55 bits per heavy atom. The van der Waals surface area contributed by atoms with Gasteiger partial charge in [0.25, 0.3) is 11.8 Å². The Balaban J connectivity index is 1.59. The molecule has 4 amide bonds. The molecule has 56 heavy (non-hydrogen) atoms. The molecule has 4 N–H and O–H groups in total. The van der Waals surface area contributed by atoms with Gasteiger partial charge in [0.15, 0.2) is 0 Å². The van der Waals surface area contributed by atoms with E-state index in [1.54, 1.807) is 12.1 Å². The SMILES string of the molecule is CCS(=O)(=O)n1cc(-c2cc3cc(C(=O)NC(CC(C)C)C(=O)NCC#N)ccc3n2C(=O)OC)c2ccc(C(=O)NC3(C(=O)NCC#N)CCCCC3)cc21. The summed E-state index contributed by atoms with van der Waals surface area (Å²) >= 11 is 0. The molecule has 0 spiro atoms. The highest BCUT2D eigenvalue weighted by molar-refractivity contribution is 7.90. The van der Waals surface area contributed by atoms with E-state index in [0.717, 1.165) is 10.4 Å². The van der Waals surface area contributed by atoms with Crippen molar-refractivity contribution in [3.8, 4) is 23.4 Å². The summed E-state index contributed by atoms with van der Waals surface area (Å²) in [5.41, 5.74) is 0.0685. The van der Waals surface area contributed by atoms with Crippen LogP contribution in [0, 0.1) is 28.6 Å². The first-order valence-electron chi connectivity index (χ1n) is 18.3. The van der Waals surface area contributed by atoms with Crippen molar-refractivity contribution >= 4 is 61.6 Å². The van der Waals surface area contributed by atoms with Crippen LogP contribution in [-0.4, -0.2) is 84.2 Å². The molecule has 2 aromatic heterocycles. The molecule has 1 unspecified atom stereocenters. The molecule has 17 heteroatoms. The van der Waals surface area contributed by atoms with Gasteiger partial charge in [-0.2, -0.15) is 10.5 Å². The molecule has 0 aliphatic heterocycles. The van der Waals surface area contributed by atoms with Crippen molar-refractivity contribution in [1.82, 2.24) is 29.8 Å². The van der Waals surface area contributed by atoms with E-state index in [2.05, 4.69) is 21.3 Å². The number of aromatic nitrogens is 2. The smallest absolute Gasteiger partial charge is 0.418 e. The predicted octanol–water partition coefficient (Wildman–Crippen LogP) is 3.93. The Morgan fingerprint density at radius 3 is 2.20 bits per heavy atom. The Morgan fingerprint density at radius 1 is 0.893 bits per heavy atom. The molecule has 1 atom stereocenters. The van der Waals surface area contributed by atoms with E-state index in [4.69, 9.17) is 15.3 Å². The second-order valence-electron chi connectivity index (χ2n) is 14.0. The van der Waals surface area contributed by atoms with Crippen LogP contribution in [0.2, 0.25) is 0 Å². The molecule has 294 valence electrons. The number of nitrogens with one attached hydrogen (secondary N) is 4. The summed E-state index contributed by atoms with van der Waals surface area (Å²) in [5, 5.41) is 29.4. The average Bonchev–Trinajstić information content (AvgIpc) is 3.77. The van der Waals surface area contributed by atoms with Gasteiger partial charge < -0.3 is 26.0 Å². The minimum absolute atomic E-state index is 0.0477. The highest BCUT2D eigenvalue weighted by atomic mass is 32.2. The monoisotopic (exact) mass is 784 g/mol. The third-order valence-electron chi connectivity index (χ3n) is 9.89. The van der Waals surface area contributed by atoms with E-state index in [9.17, 15) is 32.4 Å². The van der Waals surface area contributed by atoms with Crippen LogP contribution in [0.3, 0.4) is 0 Å². The number of rotatable bonds is 13. The van der Waals surface area contributed by atoms with E-state index in [1.807, 2.05) is 26.0 Å². The van der Waals surface area contributed by atoms with Crippen molar-refractivity contribution in [1.29, 1.82) is 10.5 Å². The Bertz CT molecular complexity index is 2390. The molecule has 1 aliphatic rings. The zero-order chi connectivity index (χ0) is 40.8. The molecular formula is C39H44N8O8S. The number of nitrogens with zero attached hydrogens (tertiary/aromatic N) is 4. The number of carbonyl (C=O) groups excluding carboxylic acids is 5. The third-order valence-corrected chi connectivity index (χ3v) is 11.5. The maximum absolute atomic E-state index is 13.8. The van der Waals surface area contributed by atoms with Crippen molar-refractivity contribution in [3.05, 3.63) is 59.8 Å². The van der Waals surface area contributed by atoms with Gasteiger partial charge in [0.05, 0.1) is 41.7 Å². The third kappa shape index (κ3) is 8.38. The number of amides is 4. The van der Waals surface area contributed by atoms with Crippen LogP contribution < -0.4 is 21.3 Å². The molecule has 0 bridgehead atoms. The van der Waals surface area contributed by atoms with Crippen molar-refractivity contribution < 1.29 is 37.1 Å². The number of nitriles is 2.